The quantitative estimate of drug-likeness (QED) is 0.377. The fraction of sp³-hybridized carbons (Fsp3) is 0.455. The van der Waals surface area contributed by atoms with Crippen LogP contribution in [0.2, 0.25) is 0 Å². The Kier molecular flexibility index (Phi) is 5.31. The van der Waals surface area contributed by atoms with E-state index in [4.69, 9.17) is 25.8 Å². The van der Waals surface area contributed by atoms with E-state index in [0.29, 0.717) is 5.75 Å². The second-order valence-corrected chi connectivity index (χ2v) is 5.91. The van der Waals surface area contributed by atoms with Crippen molar-refractivity contribution in [1.82, 2.24) is 4.72 Å². The SMILES string of the molecule is COc1ccc(S(=O)(=O)NC(CO)(CO)CO)c(N)c1. The highest BCUT2D eigenvalue weighted by Gasteiger charge is 2.34. The predicted octanol–water partition coefficient (Wildman–Crippen LogP) is -1.73. The number of methoxy groups -OCH3 is 1. The fourth-order valence-corrected chi connectivity index (χ4v) is 2.98. The van der Waals surface area contributed by atoms with Gasteiger partial charge in [0.15, 0.2) is 0 Å². The molecule has 6 N–H and O–H groups in total. The number of aliphatic hydroxyl groups excluding tert-OH is 3. The van der Waals surface area contributed by atoms with Crippen molar-refractivity contribution in [3.63, 3.8) is 0 Å². The van der Waals surface area contributed by atoms with Gasteiger partial charge in [0.2, 0.25) is 10.0 Å². The number of nitrogens with two attached hydrogens (primary N) is 1. The van der Waals surface area contributed by atoms with Crippen LogP contribution in [0.1, 0.15) is 0 Å². The molecule has 0 heterocycles. The molecule has 0 radical (unpaired) electrons. The molecule has 8 nitrogen and oxygen atoms in total. The second-order valence-electron chi connectivity index (χ2n) is 4.26. The minimum atomic E-state index is -4.12. The van der Waals surface area contributed by atoms with Gasteiger partial charge in [-0.2, -0.15) is 4.72 Å². The van der Waals surface area contributed by atoms with Gasteiger partial charge in [0.25, 0.3) is 0 Å². The molecule has 1 aromatic rings. The Bertz CT molecular complexity index is 548. The average Bonchev–Trinajstić information content (AvgIpc) is 2.44. The summed E-state index contributed by atoms with van der Waals surface area (Å²) in [6, 6.07) is 3.96. The number of benzene rings is 1. The zero-order valence-corrected chi connectivity index (χ0v) is 11.7. The third-order valence-electron chi connectivity index (χ3n) is 2.77. The van der Waals surface area contributed by atoms with Gasteiger partial charge in [-0.1, -0.05) is 0 Å². The number of sulfonamides is 1. The van der Waals surface area contributed by atoms with Crippen molar-refractivity contribution in [2.75, 3.05) is 32.7 Å². The molecule has 20 heavy (non-hydrogen) atoms. The van der Waals surface area contributed by atoms with Gasteiger partial charge in [-0.25, -0.2) is 8.42 Å². The number of nitrogens with one attached hydrogen (secondary N) is 1. The number of hydrogen-bond donors (Lipinski definition) is 5. The van der Waals surface area contributed by atoms with Crippen LogP contribution in [0.25, 0.3) is 0 Å². The molecule has 0 fully saturated rings. The van der Waals surface area contributed by atoms with E-state index < -0.39 is 35.4 Å². The summed E-state index contributed by atoms with van der Waals surface area (Å²) in [6.07, 6.45) is 0. The first-order valence-electron chi connectivity index (χ1n) is 5.64. The molecule has 0 aliphatic carbocycles. The molecule has 1 rings (SSSR count). The fourth-order valence-electron chi connectivity index (χ4n) is 1.49. The normalized spacial score (nSPS) is 12.4. The van der Waals surface area contributed by atoms with Crippen LogP contribution in [-0.4, -0.2) is 56.2 Å². The lowest BCUT2D eigenvalue weighted by molar-refractivity contribution is 0.0582. The molecule has 0 aromatic heterocycles. The monoisotopic (exact) mass is 306 g/mol. The standard InChI is InChI=1S/C11H18N2O6S/c1-19-8-2-3-10(9(12)4-8)20(17,18)13-11(5-14,6-15)7-16/h2-4,13-16H,5-7,12H2,1H3. The first-order valence-corrected chi connectivity index (χ1v) is 7.12. The highest BCUT2D eigenvalue weighted by atomic mass is 32.2. The summed E-state index contributed by atoms with van der Waals surface area (Å²) in [5.74, 6) is 0.388. The number of aliphatic hydroxyl groups is 3. The minimum absolute atomic E-state index is 0.0560. The van der Waals surface area contributed by atoms with Crippen LogP contribution in [-0.2, 0) is 10.0 Å². The van der Waals surface area contributed by atoms with E-state index in [2.05, 4.69) is 4.72 Å². The van der Waals surface area contributed by atoms with Gasteiger partial charge in [-0.15, -0.1) is 0 Å². The zero-order chi connectivity index (χ0) is 15.4. The zero-order valence-electron chi connectivity index (χ0n) is 10.9. The molecule has 0 atom stereocenters. The summed E-state index contributed by atoms with van der Waals surface area (Å²) in [5.41, 5.74) is 3.82. The molecule has 0 unspecified atom stereocenters. The Labute approximate surface area is 116 Å². The Hall–Kier alpha value is -1.39. The van der Waals surface area contributed by atoms with E-state index in [0.717, 1.165) is 0 Å². The van der Waals surface area contributed by atoms with Gasteiger partial charge in [0.05, 0.1) is 32.6 Å². The van der Waals surface area contributed by atoms with Crippen LogP contribution < -0.4 is 15.2 Å². The number of anilines is 1. The largest absolute Gasteiger partial charge is 0.497 e. The highest BCUT2D eigenvalue weighted by molar-refractivity contribution is 7.89. The Balaban J connectivity index is 3.17. The molecule has 0 aliphatic heterocycles. The van der Waals surface area contributed by atoms with Crippen molar-refractivity contribution < 1.29 is 28.5 Å². The van der Waals surface area contributed by atoms with Crippen molar-refractivity contribution in [1.29, 1.82) is 0 Å². The lowest BCUT2D eigenvalue weighted by Gasteiger charge is -2.28. The predicted molar refractivity (Wildman–Crippen MR) is 71.7 cm³/mol. The summed E-state index contributed by atoms with van der Waals surface area (Å²) >= 11 is 0. The molecule has 0 saturated carbocycles. The first-order chi connectivity index (χ1) is 9.34. The smallest absolute Gasteiger partial charge is 0.243 e. The maximum Gasteiger partial charge on any atom is 0.243 e. The average molecular weight is 306 g/mol. The van der Waals surface area contributed by atoms with Gasteiger partial charge in [-0.05, 0) is 12.1 Å². The summed E-state index contributed by atoms with van der Waals surface area (Å²) in [5, 5.41) is 27.4. The highest BCUT2D eigenvalue weighted by Crippen LogP contribution is 2.24. The molecule has 0 spiro atoms. The topological polar surface area (TPSA) is 142 Å². The summed E-state index contributed by atoms with van der Waals surface area (Å²) < 4.78 is 31.3. The van der Waals surface area contributed by atoms with Gasteiger partial charge >= 0.3 is 0 Å². The molecule has 0 amide bonds. The van der Waals surface area contributed by atoms with E-state index >= 15 is 0 Å². The van der Waals surface area contributed by atoms with E-state index in [1.165, 1.54) is 25.3 Å². The van der Waals surface area contributed by atoms with Crippen molar-refractivity contribution in [2.24, 2.45) is 0 Å². The molecular formula is C11H18N2O6S. The lowest BCUT2D eigenvalue weighted by Crippen LogP contribution is -2.56. The van der Waals surface area contributed by atoms with E-state index in [-0.39, 0.29) is 10.6 Å². The van der Waals surface area contributed by atoms with E-state index in [9.17, 15) is 8.42 Å². The third-order valence-corrected chi connectivity index (χ3v) is 4.42. The molecule has 1 aromatic carbocycles. The molecule has 9 heteroatoms. The molecule has 0 saturated heterocycles. The summed E-state index contributed by atoms with van der Waals surface area (Å²) in [4.78, 5) is -0.238. The maximum absolute atomic E-state index is 12.2. The molecule has 114 valence electrons. The van der Waals surface area contributed by atoms with Crippen LogP contribution in [0.4, 0.5) is 5.69 Å². The summed E-state index contributed by atoms with van der Waals surface area (Å²) in [6.45, 7) is -2.31. The minimum Gasteiger partial charge on any atom is -0.497 e. The summed E-state index contributed by atoms with van der Waals surface area (Å²) in [7, 11) is -2.71. The third kappa shape index (κ3) is 3.38. The van der Waals surface area contributed by atoms with Crippen molar-refractivity contribution >= 4 is 15.7 Å². The lowest BCUT2D eigenvalue weighted by atomic mass is 10.1. The molecule has 0 aliphatic rings. The van der Waals surface area contributed by atoms with Gasteiger partial charge in [-0.3, -0.25) is 0 Å². The van der Waals surface area contributed by atoms with Crippen molar-refractivity contribution in [3.05, 3.63) is 18.2 Å². The first kappa shape index (κ1) is 16.7. The van der Waals surface area contributed by atoms with Crippen LogP contribution in [0.3, 0.4) is 0 Å². The van der Waals surface area contributed by atoms with Crippen molar-refractivity contribution in [2.45, 2.75) is 10.4 Å². The number of ether oxygens (including phenoxy) is 1. The van der Waals surface area contributed by atoms with Gasteiger partial charge < -0.3 is 25.8 Å². The maximum atomic E-state index is 12.2. The molecule has 0 bridgehead atoms. The second kappa shape index (κ2) is 6.37. The number of rotatable bonds is 7. The Morgan fingerprint density at radius 2 is 1.80 bits per heavy atom. The van der Waals surface area contributed by atoms with E-state index in [1.807, 2.05) is 0 Å². The Morgan fingerprint density at radius 1 is 1.25 bits per heavy atom. The van der Waals surface area contributed by atoms with Crippen molar-refractivity contribution in [3.8, 4) is 5.75 Å². The van der Waals surface area contributed by atoms with Crippen LogP contribution in [0.15, 0.2) is 23.1 Å². The van der Waals surface area contributed by atoms with E-state index in [1.54, 1.807) is 0 Å². The number of nitrogen functional groups attached to an aromatic ring is 1. The van der Waals surface area contributed by atoms with Gasteiger partial charge in [0.1, 0.15) is 16.2 Å². The molecular weight excluding hydrogens is 288 g/mol. The van der Waals surface area contributed by atoms with Crippen LogP contribution >= 0.6 is 0 Å². The Morgan fingerprint density at radius 3 is 2.20 bits per heavy atom. The van der Waals surface area contributed by atoms with Crippen LogP contribution in [0.5, 0.6) is 5.75 Å². The number of hydrogen-bond acceptors (Lipinski definition) is 7. The van der Waals surface area contributed by atoms with Crippen LogP contribution in [0, 0.1) is 0 Å². The van der Waals surface area contributed by atoms with Gasteiger partial charge in [0, 0.05) is 6.07 Å².